The maximum Gasteiger partial charge on any atom is 0.267 e. The van der Waals surface area contributed by atoms with Gasteiger partial charge in [-0.25, -0.2) is 9.37 Å². The molecule has 9 nitrogen and oxygen atoms in total. The summed E-state index contributed by atoms with van der Waals surface area (Å²) < 4.78 is 27.2. The van der Waals surface area contributed by atoms with Gasteiger partial charge >= 0.3 is 0 Å². The molecule has 7 rings (SSSR count). The number of fused-ring (bicyclic) bond motifs is 2. The number of aromatic nitrogens is 2. The molecule has 1 amide bonds. The number of piperazine rings is 1. The van der Waals surface area contributed by atoms with Crippen molar-refractivity contribution in [2.24, 2.45) is 0 Å². The van der Waals surface area contributed by atoms with E-state index in [4.69, 9.17) is 26.7 Å². The van der Waals surface area contributed by atoms with Crippen LogP contribution in [0, 0.1) is 12.7 Å². The molecular weight excluding hydrogens is 590 g/mol. The van der Waals surface area contributed by atoms with Crippen molar-refractivity contribution in [2.75, 3.05) is 42.8 Å². The minimum absolute atomic E-state index is 0.165. The molecule has 0 saturated carbocycles. The van der Waals surface area contributed by atoms with Crippen LogP contribution in [-0.2, 0) is 11.3 Å². The number of pyridine rings is 1. The molecule has 2 aromatic heterocycles. The summed E-state index contributed by atoms with van der Waals surface area (Å²) in [5.41, 5.74) is 2.85. The first-order valence-corrected chi connectivity index (χ1v) is 15.0. The van der Waals surface area contributed by atoms with E-state index < -0.39 is 0 Å². The van der Waals surface area contributed by atoms with Crippen LogP contribution in [0.4, 0.5) is 15.9 Å². The van der Waals surface area contributed by atoms with E-state index in [-0.39, 0.29) is 30.6 Å². The molecule has 0 N–H and O–H groups in total. The van der Waals surface area contributed by atoms with Gasteiger partial charge < -0.3 is 19.3 Å². The average Bonchev–Trinajstić information content (AvgIpc) is 3.58. The third-order valence-corrected chi connectivity index (χ3v) is 9.06. The highest BCUT2D eigenvalue weighted by Crippen LogP contribution is 2.37. The second-order valence-corrected chi connectivity index (χ2v) is 12.1. The first-order chi connectivity index (χ1) is 20.9. The highest BCUT2D eigenvalue weighted by atomic mass is 32.2. The molecule has 0 unspecified atom stereocenters. The van der Waals surface area contributed by atoms with Crippen LogP contribution in [0.3, 0.4) is 0 Å². The second-order valence-electron chi connectivity index (χ2n) is 10.5. The molecule has 4 aromatic rings. The summed E-state index contributed by atoms with van der Waals surface area (Å²) in [6.45, 7) is 4.47. The van der Waals surface area contributed by atoms with Crippen molar-refractivity contribution in [1.82, 2.24) is 14.3 Å². The minimum Gasteiger partial charge on any atom is -0.454 e. The maximum absolute atomic E-state index is 14.5. The fourth-order valence-corrected chi connectivity index (χ4v) is 6.71. The van der Waals surface area contributed by atoms with Crippen molar-refractivity contribution in [3.63, 3.8) is 0 Å². The SMILES string of the molecule is Cc1ccc2nc(N3CCN(c4ccccc4F)CC3)c(C=C3SC(=S)N(Cc4ccc5c(c4)OCO5)C3=O)c(=O)n2c1. The van der Waals surface area contributed by atoms with Crippen molar-refractivity contribution in [3.8, 4) is 11.5 Å². The van der Waals surface area contributed by atoms with Gasteiger partial charge in [-0.15, -0.1) is 0 Å². The van der Waals surface area contributed by atoms with Gasteiger partial charge in [-0.05, 0) is 54.5 Å². The van der Waals surface area contributed by atoms with Crippen LogP contribution in [0.25, 0.3) is 11.7 Å². The van der Waals surface area contributed by atoms with Gasteiger partial charge in [0, 0.05) is 32.4 Å². The summed E-state index contributed by atoms with van der Waals surface area (Å²) in [4.78, 5) is 38.3. The molecule has 2 saturated heterocycles. The monoisotopic (exact) mass is 615 g/mol. The molecular formula is C31H26FN5O4S2. The number of benzene rings is 2. The number of carbonyl (C=O) groups excluding carboxylic acids is 1. The Labute approximate surface area is 256 Å². The summed E-state index contributed by atoms with van der Waals surface area (Å²) in [6, 6.07) is 16.0. The zero-order chi connectivity index (χ0) is 29.7. The molecule has 0 aliphatic carbocycles. The maximum atomic E-state index is 14.5. The van der Waals surface area contributed by atoms with Gasteiger partial charge in [-0.1, -0.05) is 48.2 Å². The number of carbonyl (C=O) groups is 1. The molecule has 0 bridgehead atoms. The van der Waals surface area contributed by atoms with Crippen LogP contribution >= 0.6 is 24.0 Å². The Morgan fingerprint density at radius 3 is 2.58 bits per heavy atom. The van der Waals surface area contributed by atoms with Crippen molar-refractivity contribution >= 4 is 57.4 Å². The van der Waals surface area contributed by atoms with Crippen LogP contribution in [0.5, 0.6) is 11.5 Å². The predicted molar refractivity (Wildman–Crippen MR) is 168 cm³/mol. The summed E-state index contributed by atoms with van der Waals surface area (Å²) >= 11 is 6.75. The number of thiocarbonyl (C=S) groups is 1. The number of nitrogens with zero attached hydrogens (tertiary/aromatic N) is 5. The van der Waals surface area contributed by atoms with Crippen LogP contribution in [-0.4, -0.2) is 57.5 Å². The molecule has 0 radical (unpaired) electrons. The van der Waals surface area contributed by atoms with E-state index in [0.717, 1.165) is 22.9 Å². The van der Waals surface area contributed by atoms with Gasteiger partial charge in [0.25, 0.3) is 11.5 Å². The van der Waals surface area contributed by atoms with Crippen LogP contribution in [0.1, 0.15) is 16.7 Å². The van der Waals surface area contributed by atoms with E-state index >= 15 is 0 Å². The van der Waals surface area contributed by atoms with Gasteiger partial charge in [0.05, 0.1) is 22.7 Å². The average molecular weight is 616 g/mol. The normalized spacial score (nSPS) is 17.5. The topological polar surface area (TPSA) is 79.6 Å². The van der Waals surface area contributed by atoms with Crippen molar-refractivity contribution in [1.29, 1.82) is 0 Å². The Hall–Kier alpha value is -4.42. The predicted octanol–water partition coefficient (Wildman–Crippen LogP) is 4.60. The number of halogens is 1. The van der Waals surface area contributed by atoms with E-state index in [1.807, 2.05) is 53.1 Å². The number of rotatable bonds is 5. The first-order valence-electron chi connectivity index (χ1n) is 13.8. The number of hydrogen-bond acceptors (Lipinski definition) is 9. The van der Waals surface area contributed by atoms with E-state index in [2.05, 4.69) is 0 Å². The molecule has 3 aliphatic rings. The van der Waals surface area contributed by atoms with Crippen molar-refractivity contribution in [3.05, 3.63) is 98.6 Å². The van der Waals surface area contributed by atoms with Gasteiger partial charge in [0.2, 0.25) is 6.79 Å². The number of amides is 1. The molecule has 218 valence electrons. The van der Waals surface area contributed by atoms with E-state index in [9.17, 15) is 14.0 Å². The smallest absolute Gasteiger partial charge is 0.267 e. The fourth-order valence-electron chi connectivity index (χ4n) is 5.47. The highest BCUT2D eigenvalue weighted by Gasteiger charge is 2.34. The van der Waals surface area contributed by atoms with Crippen LogP contribution in [0.2, 0.25) is 0 Å². The third-order valence-electron chi connectivity index (χ3n) is 7.68. The van der Waals surface area contributed by atoms with Crippen molar-refractivity contribution in [2.45, 2.75) is 13.5 Å². The molecule has 0 atom stereocenters. The van der Waals surface area contributed by atoms with E-state index in [0.29, 0.717) is 69.6 Å². The van der Waals surface area contributed by atoms with Gasteiger partial charge in [0.1, 0.15) is 21.6 Å². The number of para-hydroxylation sites is 1. The largest absolute Gasteiger partial charge is 0.454 e. The number of ether oxygens (including phenoxy) is 2. The molecule has 2 fully saturated rings. The summed E-state index contributed by atoms with van der Waals surface area (Å²) in [6.07, 6.45) is 3.36. The molecule has 12 heteroatoms. The lowest BCUT2D eigenvalue weighted by atomic mass is 10.1. The molecule has 3 aliphatic heterocycles. The summed E-state index contributed by atoms with van der Waals surface area (Å²) in [5.74, 6) is 1.23. The van der Waals surface area contributed by atoms with Crippen LogP contribution < -0.4 is 24.8 Å². The van der Waals surface area contributed by atoms with E-state index in [1.165, 1.54) is 15.4 Å². The van der Waals surface area contributed by atoms with Gasteiger partial charge in [0.15, 0.2) is 11.5 Å². The first kappa shape index (κ1) is 27.4. The Balaban J connectivity index is 1.21. The van der Waals surface area contributed by atoms with Crippen LogP contribution in [0.15, 0.2) is 70.5 Å². The Kier molecular flexibility index (Phi) is 7.02. The Bertz CT molecular complexity index is 1890. The van der Waals surface area contributed by atoms with E-state index in [1.54, 1.807) is 24.4 Å². The number of anilines is 2. The molecule has 0 spiro atoms. The Morgan fingerprint density at radius 1 is 1.00 bits per heavy atom. The molecule has 2 aromatic carbocycles. The standard InChI is InChI=1S/C31H26FN5O4S2/c1-19-6-9-27-33-28(35-12-10-34(11-13-35)23-5-3-2-4-22(23)32)21(29(38)36(27)16-19)15-26-30(39)37(31(42)43-26)17-20-7-8-24-25(14-20)41-18-40-24/h2-9,14-16H,10-13,17-18H2,1H3. The van der Waals surface area contributed by atoms with Gasteiger partial charge in [-0.3, -0.25) is 18.9 Å². The number of hydrogen-bond donors (Lipinski definition) is 0. The number of aryl methyl sites for hydroxylation is 1. The zero-order valence-corrected chi connectivity index (χ0v) is 24.8. The highest BCUT2D eigenvalue weighted by molar-refractivity contribution is 8.26. The molecule has 43 heavy (non-hydrogen) atoms. The lowest BCUT2D eigenvalue weighted by Gasteiger charge is -2.37. The second kappa shape index (κ2) is 11.0. The quantitative estimate of drug-likeness (QED) is 0.237. The fraction of sp³-hybridized carbons (Fsp3) is 0.226. The lowest BCUT2D eigenvalue weighted by Crippen LogP contribution is -2.47. The van der Waals surface area contributed by atoms with Gasteiger partial charge in [-0.2, -0.15) is 0 Å². The number of thioether (sulfide) groups is 1. The van der Waals surface area contributed by atoms with Crippen molar-refractivity contribution < 1.29 is 18.7 Å². The summed E-state index contributed by atoms with van der Waals surface area (Å²) in [5, 5.41) is 0. The molecule has 5 heterocycles. The lowest BCUT2D eigenvalue weighted by molar-refractivity contribution is -0.122. The Morgan fingerprint density at radius 2 is 1.77 bits per heavy atom. The zero-order valence-electron chi connectivity index (χ0n) is 23.2. The third kappa shape index (κ3) is 5.10. The summed E-state index contributed by atoms with van der Waals surface area (Å²) in [7, 11) is 0. The minimum atomic E-state index is -0.281.